The van der Waals surface area contributed by atoms with Gasteiger partial charge in [-0.25, -0.2) is 8.42 Å². The van der Waals surface area contributed by atoms with E-state index >= 15 is 0 Å². The second-order valence-electron chi connectivity index (χ2n) is 4.12. The van der Waals surface area contributed by atoms with Crippen molar-refractivity contribution in [3.05, 3.63) is 0 Å². The number of hydrogen-bond donors (Lipinski definition) is 0. The van der Waals surface area contributed by atoms with Gasteiger partial charge >= 0.3 is 0 Å². The monoisotopic (exact) mass is 255 g/mol. The van der Waals surface area contributed by atoms with Gasteiger partial charge in [0.05, 0.1) is 32.8 Å². The standard InChI is InChI=1S/C7H18N.C3H8O4S/c1-5-8(4,6-2)7-3;1-3(2)7-8(4,5)6/h5-7H2,1-4H3;3H,1-2H3,(H,4,5,6)/q+1;/p-1. The predicted octanol–water partition coefficient (Wildman–Crippen LogP) is 1.36. The van der Waals surface area contributed by atoms with E-state index in [1.807, 2.05) is 0 Å². The first-order valence-electron chi connectivity index (χ1n) is 5.57. The summed E-state index contributed by atoms with van der Waals surface area (Å²) < 4.78 is 34.1. The van der Waals surface area contributed by atoms with Crippen LogP contribution in [0, 0.1) is 0 Å². The molecule has 0 unspecified atom stereocenters. The summed E-state index contributed by atoms with van der Waals surface area (Å²) in [6.07, 6.45) is -0.558. The van der Waals surface area contributed by atoms with Crippen molar-refractivity contribution in [2.45, 2.75) is 40.7 Å². The first kappa shape index (κ1) is 18.2. The van der Waals surface area contributed by atoms with Gasteiger partial charge in [0, 0.05) is 0 Å². The van der Waals surface area contributed by atoms with Gasteiger partial charge < -0.3 is 9.04 Å². The van der Waals surface area contributed by atoms with Crippen LogP contribution in [0.5, 0.6) is 0 Å². The minimum absolute atomic E-state index is 0.558. The van der Waals surface area contributed by atoms with Crippen LogP contribution < -0.4 is 0 Å². The Balaban J connectivity index is 0. The van der Waals surface area contributed by atoms with Crippen LogP contribution >= 0.6 is 0 Å². The average molecular weight is 255 g/mol. The Bertz CT molecular complexity index is 250. The van der Waals surface area contributed by atoms with E-state index in [2.05, 4.69) is 32.0 Å². The summed E-state index contributed by atoms with van der Waals surface area (Å²) in [6.45, 7) is 13.4. The molecule has 5 nitrogen and oxygen atoms in total. The van der Waals surface area contributed by atoms with Crippen molar-refractivity contribution in [3.8, 4) is 0 Å². The molecule has 0 fully saturated rings. The molecule has 0 radical (unpaired) electrons. The molecule has 0 N–H and O–H groups in total. The molecule has 0 heterocycles. The van der Waals surface area contributed by atoms with Crippen LogP contribution in [0.4, 0.5) is 0 Å². The first-order chi connectivity index (χ1) is 7.10. The molecule has 100 valence electrons. The lowest BCUT2D eigenvalue weighted by atomic mass is 10.4. The van der Waals surface area contributed by atoms with Gasteiger partial charge in [0.25, 0.3) is 0 Å². The Kier molecular flexibility index (Phi) is 9.10. The molecule has 0 aliphatic rings. The Hall–Kier alpha value is -0.170. The molecule has 16 heavy (non-hydrogen) atoms. The van der Waals surface area contributed by atoms with E-state index in [0.29, 0.717) is 0 Å². The molecule has 0 atom stereocenters. The maximum absolute atomic E-state index is 9.66. The van der Waals surface area contributed by atoms with Crippen molar-refractivity contribution in [3.63, 3.8) is 0 Å². The minimum Gasteiger partial charge on any atom is -0.726 e. The van der Waals surface area contributed by atoms with E-state index in [0.717, 1.165) is 0 Å². The minimum atomic E-state index is -4.47. The molecular formula is C10H25NO4S. The van der Waals surface area contributed by atoms with Gasteiger partial charge in [-0.3, -0.25) is 4.18 Å². The second kappa shape index (κ2) is 8.00. The normalized spacial score (nSPS) is 12.2. The summed E-state index contributed by atoms with van der Waals surface area (Å²) in [5.41, 5.74) is 0. The van der Waals surface area contributed by atoms with Crippen molar-refractivity contribution in [1.29, 1.82) is 0 Å². The third-order valence-electron chi connectivity index (χ3n) is 2.60. The van der Waals surface area contributed by atoms with Crippen molar-refractivity contribution in [2.75, 3.05) is 26.7 Å². The fourth-order valence-electron chi connectivity index (χ4n) is 0.907. The lowest BCUT2D eigenvalue weighted by Gasteiger charge is -2.30. The van der Waals surface area contributed by atoms with Crippen LogP contribution in [-0.4, -0.2) is 50.2 Å². The van der Waals surface area contributed by atoms with E-state index in [9.17, 15) is 13.0 Å². The van der Waals surface area contributed by atoms with E-state index in [4.69, 9.17) is 0 Å². The molecule has 0 aromatic rings. The van der Waals surface area contributed by atoms with Crippen LogP contribution in [-0.2, 0) is 14.6 Å². The second-order valence-corrected chi connectivity index (χ2v) is 5.13. The van der Waals surface area contributed by atoms with Crippen LogP contribution in [0.1, 0.15) is 34.6 Å². The molecular weight excluding hydrogens is 230 g/mol. The van der Waals surface area contributed by atoms with Crippen molar-refractivity contribution in [2.24, 2.45) is 0 Å². The predicted molar refractivity (Wildman–Crippen MR) is 63.7 cm³/mol. The largest absolute Gasteiger partial charge is 0.726 e. The quantitative estimate of drug-likeness (QED) is 0.423. The molecule has 0 aromatic heterocycles. The summed E-state index contributed by atoms with van der Waals surface area (Å²) in [4.78, 5) is 0. The Morgan fingerprint density at radius 3 is 1.44 bits per heavy atom. The van der Waals surface area contributed by atoms with Gasteiger partial charge in [0.2, 0.25) is 10.4 Å². The smallest absolute Gasteiger partial charge is 0.217 e. The molecule has 0 amide bonds. The van der Waals surface area contributed by atoms with Crippen molar-refractivity contribution < 1.29 is 21.6 Å². The van der Waals surface area contributed by atoms with Gasteiger partial charge in [0.1, 0.15) is 0 Å². The summed E-state index contributed by atoms with van der Waals surface area (Å²) >= 11 is 0. The summed E-state index contributed by atoms with van der Waals surface area (Å²) in [5.74, 6) is 0. The first-order valence-corrected chi connectivity index (χ1v) is 6.91. The maximum atomic E-state index is 9.66. The van der Waals surface area contributed by atoms with Gasteiger partial charge in [-0.1, -0.05) is 0 Å². The molecule has 0 aliphatic carbocycles. The third kappa shape index (κ3) is 11.9. The summed E-state index contributed by atoms with van der Waals surface area (Å²) in [5, 5.41) is 0. The Labute approximate surface area is 100.0 Å². The third-order valence-corrected chi connectivity index (χ3v) is 3.22. The lowest BCUT2D eigenvalue weighted by Crippen LogP contribution is -2.42. The zero-order chi connectivity index (χ0) is 13.4. The van der Waals surface area contributed by atoms with E-state index in [1.54, 1.807) is 0 Å². The van der Waals surface area contributed by atoms with Crippen LogP contribution in [0.25, 0.3) is 0 Å². The number of hydrogen-bond acceptors (Lipinski definition) is 4. The molecule has 0 bridgehead atoms. The highest BCUT2D eigenvalue weighted by Crippen LogP contribution is 1.97. The fourth-order valence-corrected chi connectivity index (χ4v) is 1.38. The highest BCUT2D eigenvalue weighted by atomic mass is 32.3. The molecule has 0 rings (SSSR count). The molecule has 0 saturated heterocycles. The number of quaternary nitrogens is 1. The molecule has 0 aromatic carbocycles. The van der Waals surface area contributed by atoms with Crippen LogP contribution in [0.3, 0.4) is 0 Å². The number of rotatable bonds is 5. The highest BCUT2D eigenvalue weighted by Gasteiger charge is 2.10. The SMILES string of the molecule is CC(C)OS(=O)(=O)[O-].CC[N+](C)(CC)CC. The van der Waals surface area contributed by atoms with Gasteiger partial charge in [-0.2, -0.15) is 0 Å². The summed E-state index contributed by atoms with van der Waals surface area (Å²) in [6, 6.07) is 0. The zero-order valence-electron chi connectivity index (χ0n) is 11.2. The average Bonchev–Trinajstić information content (AvgIpc) is 2.14. The van der Waals surface area contributed by atoms with Gasteiger partial charge in [-0.05, 0) is 34.6 Å². The van der Waals surface area contributed by atoms with Gasteiger partial charge in [-0.15, -0.1) is 0 Å². The van der Waals surface area contributed by atoms with E-state index in [-0.39, 0.29) is 0 Å². The van der Waals surface area contributed by atoms with Gasteiger partial charge in [0.15, 0.2) is 0 Å². The van der Waals surface area contributed by atoms with Crippen LogP contribution in [0.15, 0.2) is 0 Å². The molecule has 0 aliphatic heterocycles. The highest BCUT2D eigenvalue weighted by molar-refractivity contribution is 7.80. The Morgan fingerprint density at radius 1 is 1.12 bits per heavy atom. The Morgan fingerprint density at radius 2 is 1.44 bits per heavy atom. The fraction of sp³-hybridized carbons (Fsp3) is 1.00. The van der Waals surface area contributed by atoms with Crippen LogP contribution in [0.2, 0.25) is 0 Å². The molecule has 6 heteroatoms. The maximum Gasteiger partial charge on any atom is 0.217 e. The number of nitrogens with zero attached hydrogens (tertiary/aromatic N) is 1. The molecule has 0 saturated carbocycles. The zero-order valence-corrected chi connectivity index (χ0v) is 12.0. The van der Waals surface area contributed by atoms with E-state index < -0.39 is 16.5 Å². The van der Waals surface area contributed by atoms with Crippen molar-refractivity contribution in [1.82, 2.24) is 0 Å². The summed E-state index contributed by atoms with van der Waals surface area (Å²) in [7, 11) is -2.18. The lowest BCUT2D eigenvalue weighted by molar-refractivity contribution is -0.904. The molecule has 0 spiro atoms. The van der Waals surface area contributed by atoms with E-state index in [1.165, 1.54) is 38.0 Å². The topological polar surface area (TPSA) is 66.4 Å². The van der Waals surface area contributed by atoms with Crippen molar-refractivity contribution >= 4 is 10.4 Å².